The molecule has 1 aliphatic rings. The third-order valence-electron chi connectivity index (χ3n) is 2.92. The normalized spacial score (nSPS) is 15.6. The molecule has 0 unspecified atom stereocenters. The van der Waals surface area contributed by atoms with Crippen molar-refractivity contribution >= 4 is 36.2 Å². The van der Waals surface area contributed by atoms with Gasteiger partial charge in [-0.15, -0.1) is 36.2 Å². The Morgan fingerprint density at radius 1 is 1.32 bits per heavy atom. The van der Waals surface area contributed by atoms with Crippen LogP contribution < -0.4 is 5.32 Å². The van der Waals surface area contributed by atoms with Crippen LogP contribution in [0.3, 0.4) is 0 Å². The van der Waals surface area contributed by atoms with Gasteiger partial charge in [0.15, 0.2) is 5.76 Å². The lowest BCUT2D eigenvalue weighted by atomic mass is 10.3. The Bertz CT molecular complexity index is 469. The summed E-state index contributed by atoms with van der Waals surface area (Å²) < 4.78 is 5.37. The molecule has 19 heavy (non-hydrogen) atoms. The molecular weight excluding hydrogens is 305 g/mol. The highest BCUT2D eigenvalue weighted by Gasteiger charge is 2.13. The fraction of sp³-hybridized carbons (Fsp3) is 0.417. The Hall–Kier alpha value is -0.590. The van der Waals surface area contributed by atoms with Gasteiger partial charge in [-0.3, -0.25) is 4.90 Å². The van der Waals surface area contributed by atoms with Crippen LogP contribution in [-0.2, 0) is 6.54 Å². The Kier molecular flexibility index (Phi) is 6.82. The fourth-order valence-corrected chi connectivity index (χ4v) is 2.69. The highest BCUT2D eigenvalue weighted by atomic mass is 35.5. The van der Waals surface area contributed by atoms with Crippen molar-refractivity contribution in [3.05, 3.63) is 29.3 Å². The van der Waals surface area contributed by atoms with Gasteiger partial charge in [0.25, 0.3) is 0 Å². The van der Waals surface area contributed by atoms with Gasteiger partial charge in [0.1, 0.15) is 0 Å². The minimum absolute atomic E-state index is 0. The van der Waals surface area contributed by atoms with Gasteiger partial charge in [-0.05, 0) is 11.4 Å². The molecule has 3 rings (SSSR count). The molecule has 0 spiro atoms. The summed E-state index contributed by atoms with van der Waals surface area (Å²) in [6, 6.07) is 6.13. The van der Waals surface area contributed by atoms with Crippen LogP contribution in [0.2, 0.25) is 0 Å². The largest absolute Gasteiger partial charge is 0.355 e. The van der Waals surface area contributed by atoms with Gasteiger partial charge in [-0.25, -0.2) is 0 Å². The predicted octanol–water partition coefficient (Wildman–Crippen LogP) is 2.65. The number of rotatable bonds is 3. The molecule has 0 aromatic carbocycles. The van der Waals surface area contributed by atoms with Crippen molar-refractivity contribution in [1.82, 2.24) is 15.4 Å². The second-order valence-corrected chi connectivity index (χ2v) is 5.13. The third-order valence-corrected chi connectivity index (χ3v) is 3.80. The first-order chi connectivity index (χ1) is 8.42. The first kappa shape index (κ1) is 16.5. The van der Waals surface area contributed by atoms with E-state index in [9.17, 15) is 0 Å². The molecule has 1 fully saturated rings. The quantitative estimate of drug-likeness (QED) is 0.943. The van der Waals surface area contributed by atoms with Crippen LogP contribution in [0.4, 0.5) is 0 Å². The molecule has 2 aromatic heterocycles. The number of hydrogen-bond donors (Lipinski definition) is 1. The van der Waals surface area contributed by atoms with E-state index in [0.717, 1.165) is 49.1 Å². The van der Waals surface area contributed by atoms with Gasteiger partial charge in [-0.2, -0.15) is 0 Å². The van der Waals surface area contributed by atoms with E-state index in [0.29, 0.717) is 0 Å². The third kappa shape index (κ3) is 4.19. The molecule has 0 radical (unpaired) electrons. The molecule has 1 aliphatic heterocycles. The number of aromatic nitrogens is 1. The van der Waals surface area contributed by atoms with E-state index in [2.05, 4.69) is 21.4 Å². The fourth-order valence-electron chi connectivity index (χ4n) is 2.02. The van der Waals surface area contributed by atoms with Crippen molar-refractivity contribution in [2.24, 2.45) is 0 Å². The van der Waals surface area contributed by atoms with E-state index < -0.39 is 0 Å². The van der Waals surface area contributed by atoms with E-state index in [4.69, 9.17) is 4.52 Å². The summed E-state index contributed by atoms with van der Waals surface area (Å²) >= 11 is 1.68. The van der Waals surface area contributed by atoms with Crippen molar-refractivity contribution in [2.75, 3.05) is 26.2 Å². The van der Waals surface area contributed by atoms with Crippen LogP contribution in [0.25, 0.3) is 10.6 Å². The minimum Gasteiger partial charge on any atom is -0.355 e. The molecular formula is C12H17Cl2N3OS. The van der Waals surface area contributed by atoms with Crippen molar-refractivity contribution in [3.63, 3.8) is 0 Å². The lowest BCUT2D eigenvalue weighted by molar-refractivity contribution is 0.227. The number of nitrogens with one attached hydrogen (secondary N) is 1. The van der Waals surface area contributed by atoms with Crippen LogP contribution in [0.5, 0.6) is 0 Å². The van der Waals surface area contributed by atoms with E-state index in [-0.39, 0.29) is 24.8 Å². The molecule has 0 atom stereocenters. The Balaban J connectivity index is 0.000000902. The minimum atomic E-state index is 0. The molecule has 2 aromatic rings. The van der Waals surface area contributed by atoms with Crippen LogP contribution >= 0.6 is 36.2 Å². The van der Waals surface area contributed by atoms with Crippen LogP contribution in [0, 0.1) is 0 Å². The molecule has 0 aliphatic carbocycles. The number of hydrogen-bond acceptors (Lipinski definition) is 5. The number of halogens is 2. The van der Waals surface area contributed by atoms with Crippen molar-refractivity contribution < 1.29 is 4.52 Å². The van der Waals surface area contributed by atoms with E-state index in [1.165, 1.54) is 0 Å². The van der Waals surface area contributed by atoms with Crippen LogP contribution in [-0.4, -0.2) is 36.2 Å². The zero-order chi connectivity index (χ0) is 11.5. The first-order valence-electron chi connectivity index (χ1n) is 5.84. The summed E-state index contributed by atoms with van der Waals surface area (Å²) in [5.41, 5.74) is 1.02. The summed E-state index contributed by atoms with van der Waals surface area (Å²) in [6.07, 6.45) is 0. The smallest absolute Gasteiger partial charge is 0.177 e. The Labute approximate surface area is 129 Å². The predicted molar refractivity (Wildman–Crippen MR) is 82.5 cm³/mol. The molecule has 7 heteroatoms. The summed E-state index contributed by atoms with van der Waals surface area (Å²) in [5, 5.41) is 9.53. The van der Waals surface area contributed by atoms with Gasteiger partial charge in [0.2, 0.25) is 0 Å². The molecule has 3 heterocycles. The SMILES string of the molecule is Cl.Cl.c1csc(-c2cc(CN3CCNCC3)no2)c1. The monoisotopic (exact) mass is 321 g/mol. The zero-order valence-corrected chi connectivity index (χ0v) is 12.8. The molecule has 0 bridgehead atoms. The Morgan fingerprint density at radius 3 is 2.79 bits per heavy atom. The molecule has 1 N–H and O–H groups in total. The number of piperazine rings is 1. The van der Waals surface area contributed by atoms with Gasteiger partial charge >= 0.3 is 0 Å². The maximum absolute atomic E-state index is 5.37. The molecule has 0 saturated carbocycles. The summed E-state index contributed by atoms with van der Waals surface area (Å²) in [4.78, 5) is 3.54. The van der Waals surface area contributed by atoms with E-state index in [1.807, 2.05) is 17.5 Å². The molecule has 106 valence electrons. The van der Waals surface area contributed by atoms with Gasteiger partial charge in [0, 0.05) is 38.8 Å². The second kappa shape index (κ2) is 7.87. The van der Waals surface area contributed by atoms with E-state index >= 15 is 0 Å². The molecule has 4 nitrogen and oxygen atoms in total. The lowest BCUT2D eigenvalue weighted by Gasteiger charge is -2.25. The average Bonchev–Trinajstić information content (AvgIpc) is 3.00. The highest BCUT2D eigenvalue weighted by molar-refractivity contribution is 7.13. The van der Waals surface area contributed by atoms with E-state index in [1.54, 1.807) is 11.3 Å². The highest BCUT2D eigenvalue weighted by Crippen LogP contribution is 2.25. The Morgan fingerprint density at radius 2 is 2.11 bits per heavy atom. The average molecular weight is 322 g/mol. The van der Waals surface area contributed by atoms with Crippen LogP contribution in [0.1, 0.15) is 5.69 Å². The van der Waals surface area contributed by atoms with Gasteiger partial charge in [0.05, 0.1) is 10.6 Å². The number of thiophene rings is 1. The topological polar surface area (TPSA) is 41.3 Å². The van der Waals surface area contributed by atoms with Crippen molar-refractivity contribution in [1.29, 1.82) is 0 Å². The van der Waals surface area contributed by atoms with Crippen molar-refractivity contribution in [2.45, 2.75) is 6.54 Å². The standard InChI is InChI=1S/C12H15N3OS.2ClH/c1-2-12(17-7-1)11-8-10(14-16-11)9-15-5-3-13-4-6-15;;/h1-2,7-8,13H,3-6,9H2;2*1H. The first-order valence-corrected chi connectivity index (χ1v) is 6.72. The zero-order valence-electron chi connectivity index (χ0n) is 10.4. The second-order valence-electron chi connectivity index (χ2n) is 4.19. The molecule has 0 amide bonds. The molecule has 1 saturated heterocycles. The summed E-state index contributed by atoms with van der Waals surface area (Å²) in [6.45, 7) is 5.18. The van der Waals surface area contributed by atoms with Gasteiger partial charge < -0.3 is 9.84 Å². The number of nitrogens with zero attached hydrogens (tertiary/aromatic N) is 2. The maximum Gasteiger partial charge on any atom is 0.177 e. The van der Waals surface area contributed by atoms with Gasteiger partial charge in [-0.1, -0.05) is 11.2 Å². The van der Waals surface area contributed by atoms with Crippen molar-refractivity contribution in [3.8, 4) is 10.6 Å². The van der Waals surface area contributed by atoms with Crippen LogP contribution in [0.15, 0.2) is 28.1 Å². The maximum atomic E-state index is 5.37. The summed E-state index contributed by atoms with van der Waals surface area (Å²) in [7, 11) is 0. The summed E-state index contributed by atoms with van der Waals surface area (Å²) in [5.74, 6) is 0.880. The lowest BCUT2D eigenvalue weighted by Crippen LogP contribution is -2.42.